The zero-order valence-corrected chi connectivity index (χ0v) is 13.0. The van der Waals surface area contributed by atoms with Gasteiger partial charge in [-0.25, -0.2) is 0 Å². The minimum Gasteiger partial charge on any atom is -0.398 e. The van der Waals surface area contributed by atoms with Gasteiger partial charge in [-0.15, -0.1) is 0 Å². The molecule has 1 aliphatic rings. The Bertz CT molecular complexity index is 475. The third-order valence-electron chi connectivity index (χ3n) is 4.33. The first-order valence-corrected chi connectivity index (χ1v) is 7.68. The minimum absolute atomic E-state index is 0.0568. The van der Waals surface area contributed by atoms with Crippen LogP contribution in [0.25, 0.3) is 0 Å². The van der Waals surface area contributed by atoms with Crippen molar-refractivity contribution in [2.75, 3.05) is 5.73 Å². The third kappa shape index (κ3) is 3.11. The highest BCUT2D eigenvalue weighted by atomic mass is 79.9. The molecule has 1 aromatic carbocycles. The van der Waals surface area contributed by atoms with E-state index in [1.807, 2.05) is 6.07 Å². The van der Waals surface area contributed by atoms with Crippen LogP contribution in [0.1, 0.15) is 43.5 Å². The van der Waals surface area contributed by atoms with E-state index >= 15 is 0 Å². The Morgan fingerprint density at radius 1 is 1.47 bits per heavy atom. The number of carbonyl (C=O) groups excluding carboxylic acids is 1. The molecule has 0 saturated heterocycles. The number of benzene rings is 1. The molecule has 0 spiro atoms. The van der Waals surface area contributed by atoms with E-state index in [2.05, 4.69) is 35.1 Å². The predicted molar refractivity (Wildman–Crippen MR) is 82.0 cm³/mol. The summed E-state index contributed by atoms with van der Waals surface area (Å²) >= 11 is 3.35. The van der Waals surface area contributed by atoms with E-state index in [4.69, 9.17) is 5.73 Å². The van der Waals surface area contributed by atoms with Gasteiger partial charge in [-0.2, -0.15) is 0 Å². The van der Waals surface area contributed by atoms with Crippen molar-refractivity contribution in [2.45, 2.75) is 39.2 Å². The fourth-order valence-electron chi connectivity index (χ4n) is 3.01. The van der Waals surface area contributed by atoms with Crippen LogP contribution in [0.5, 0.6) is 0 Å². The van der Waals surface area contributed by atoms with Gasteiger partial charge in [0.05, 0.1) is 5.56 Å². The van der Waals surface area contributed by atoms with E-state index in [0.717, 1.165) is 16.8 Å². The topological polar surface area (TPSA) is 55.1 Å². The van der Waals surface area contributed by atoms with Crippen LogP contribution in [0.3, 0.4) is 0 Å². The molecule has 1 aliphatic carbocycles. The van der Waals surface area contributed by atoms with Crippen molar-refractivity contribution in [1.29, 1.82) is 0 Å². The van der Waals surface area contributed by atoms with Gasteiger partial charge in [-0.3, -0.25) is 4.79 Å². The van der Waals surface area contributed by atoms with Crippen molar-refractivity contribution in [2.24, 2.45) is 11.8 Å². The van der Waals surface area contributed by atoms with Crippen LogP contribution in [0.15, 0.2) is 22.7 Å². The van der Waals surface area contributed by atoms with Gasteiger partial charge in [-0.05, 0) is 42.9 Å². The van der Waals surface area contributed by atoms with Gasteiger partial charge in [-0.1, -0.05) is 36.2 Å². The highest BCUT2D eigenvalue weighted by Crippen LogP contribution is 2.34. The molecule has 3 unspecified atom stereocenters. The second-order valence-electron chi connectivity index (χ2n) is 5.42. The molecular formula is C15H21BrN2O. The number of anilines is 1. The van der Waals surface area contributed by atoms with Crippen LogP contribution < -0.4 is 11.1 Å². The SMILES string of the molecule is CCC1CCC(NC(=O)c2ccc(Br)cc2N)C1C. The van der Waals surface area contributed by atoms with E-state index in [0.29, 0.717) is 17.2 Å². The summed E-state index contributed by atoms with van der Waals surface area (Å²) in [5.74, 6) is 1.22. The first-order valence-electron chi connectivity index (χ1n) is 6.88. The lowest BCUT2D eigenvalue weighted by atomic mass is 9.93. The van der Waals surface area contributed by atoms with Crippen LogP contribution in [-0.4, -0.2) is 11.9 Å². The Hall–Kier alpha value is -1.03. The average Bonchev–Trinajstić information content (AvgIpc) is 2.70. The molecule has 1 aromatic rings. The first kappa shape index (κ1) is 14.4. The quantitative estimate of drug-likeness (QED) is 0.835. The van der Waals surface area contributed by atoms with Crippen LogP contribution in [0, 0.1) is 11.8 Å². The monoisotopic (exact) mass is 324 g/mol. The number of halogens is 1. The molecule has 0 bridgehead atoms. The van der Waals surface area contributed by atoms with Gasteiger partial charge in [0, 0.05) is 16.2 Å². The maximum Gasteiger partial charge on any atom is 0.253 e. The number of nitrogens with two attached hydrogens (primary N) is 1. The Morgan fingerprint density at radius 2 is 2.21 bits per heavy atom. The van der Waals surface area contributed by atoms with Gasteiger partial charge in [0.1, 0.15) is 0 Å². The lowest BCUT2D eigenvalue weighted by Crippen LogP contribution is -2.37. The maximum atomic E-state index is 12.3. The van der Waals surface area contributed by atoms with E-state index < -0.39 is 0 Å². The summed E-state index contributed by atoms with van der Waals surface area (Å²) in [5, 5.41) is 3.14. The molecule has 0 aliphatic heterocycles. The van der Waals surface area contributed by atoms with Gasteiger partial charge in [0.2, 0.25) is 0 Å². The number of nitrogens with one attached hydrogen (secondary N) is 1. The van der Waals surface area contributed by atoms with Crippen molar-refractivity contribution in [3.05, 3.63) is 28.2 Å². The summed E-state index contributed by atoms with van der Waals surface area (Å²) in [7, 11) is 0. The first-order chi connectivity index (χ1) is 9.02. The van der Waals surface area contributed by atoms with Crippen molar-refractivity contribution >= 4 is 27.5 Å². The molecule has 104 valence electrons. The van der Waals surface area contributed by atoms with Gasteiger partial charge in [0.15, 0.2) is 0 Å². The number of hydrogen-bond donors (Lipinski definition) is 2. The van der Waals surface area contributed by atoms with Crippen molar-refractivity contribution in [1.82, 2.24) is 5.32 Å². The van der Waals surface area contributed by atoms with Crippen LogP contribution >= 0.6 is 15.9 Å². The van der Waals surface area contributed by atoms with Crippen LogP contribution in [0.2, 0.25) is 0 Å². The third-order valence-corrected chi connectivity index (χ3v) is 4.82. The number of carbonyl (C=O) groups is 1. The summed E-state index contributed by atoms with van der Waals surface area (Å²) in [5.41, 5.74) is 6.98. The molecular weight excluding hydrogens is 304 g/mol. The Morgan fingerprint density at radius 3 is 2.79 bits per heavy atom. The molecule has 0 aromatic heterocycles. The van der Waals surface area contributed by atoms with E-state index in [1.54, 1.807) is 12.1 Å². The van der Waals surface area contributed by atoms with Crippen molar-refractivity contribution < 1.29 is 4.79 Å². The van der Waals surface area contributed by atoms with Gasteiger partial charge >= 0.3 is 0 Å². The molecule has 3 nitrogen and oxygen atoms in total. The number of nitrogen functional groups attached to an aromatic ring is 1. The lowest BCUT2D eigenvalue weighted by molar-refractivity contribution is 0.0927. The highest BCUT2D eigenvalue weighted by Gasteiger charge is 2.32. The Balaban J connectivity index is 2.05. The fraction of sp³-hybridized carbons (Fsp3) is 0.533. The average molecular weight is 325 g/mol. The number of amides is 1. The smallest absolute Gasteiger partial charge is 0.253 e. The number of hydrogen-bond acceptors (Lipinski definition) is 2. The standard InChI is InChI=1S/C15H21BrN2O/c1-3-10-4-7-14(9(10)2)18-15(19)12-6-5-11(16)8-13(12)17/h5-6,8-10,14H,3-4,7,17H2,1-2H3,(H,18,19). The molecule has 1 saturated carbocycles. The minimum atomic E-state index is -0.0568. The molecule has 3 atom stereocenters. The van der Waals surface area contributed by atoms with Crippen molar-refractivity contribution in [3.63, 3.8) is 0 Å². The summed E-state index contributed by atoms with van der Waals surface area (Å²) in [6.07, 6.45) is 3.47. The number of rotatable bonds is 3. The largest absolute Gasteiger partial charge is 0.398 e. The molecule has 2 rings (SSSR count). The molecule has 4 heteroatoms. The Labute approximate surface area is 123 Å². The lowest BCUT2D eigenvalue weighted by Gasteiger charge is -2.21. The van der Waals surface area contributed by atoms with Crippen molar-refractivity contribution in [3.8, 4) is 0 Å². The molecule has 0 radical (unpaired) electrons. The maximum absolute atomic E-state index is 12.3. The zero-order chi connectivity index (χ0) is 14.0. The molecule has 0 heterocycles. The predicted octanol–water partition coefficient (Wildman–Crippen LogP) is 3.59. The highest BCUT2D eigenvalue weighted by molar-refractivity contribution is 9.10. The van der Waals surface area contributed by atoms with E-state index in [9.17, 15) is 4.79 Å². The fourth-order valence-corrected chi connectivity index (χ4v) is 3.39. The normalized spacial score (nSPS) is 26.4. The Kier molecular flexibility index (Phi) is 4.50. The molecule has 19 heavy (non-hydrogen) atoms. The summed E-state index contributed by atoms with van der Waals surface area (Å²) in [6, 6.07) is 5.66. The van der Waals surface area contributed by atoms with Crippen LogP contribution in [0.4, 0.5) is 5.69 Å². The molecule has 1 fully saturated rings. The summed E-state index contributed by atoms with van der Waals surface area (Å²) in [6.45, 7) is 4.45. The second kappa shape index (κ2) is 5.95. The van der Waals surface area contributed by atoms with E-state index in [-0.39, 0.29) is 11.9 Å². The molecule has 1 amide bonds. The second-order valence-corrected chi connectivity index (χ2v) is 6.33. The van der Waals surface area contributed by atoms with Crippen LogP contribution in [-0.2, 0) is 0 Å². The zero-order valence-electron chi connectivity index (χ0n) is 11.4. The van der Waals surface area contributed by atoms with Gasteiger partial charge < -0.3 is 11.1 Å². The van der Waals surface area contributed by atoms with Gasteiger partial charge in [0.25, 0.3) is 5.91 Å². The summed E-state index contributed by atoms with van der Waals surface area (Å²) in [4.78, 5) is 12.3. The summed E-state index contributed by atoms with van der Waals surface area (Å²) < 4.78 is 0.891. The van der Waals surface area contributed by atoms with E-state index in [1.165, 1.54) is 12.8 Å². The molecule has 3 N–H and O–H groups in total.